The van der Waals surface area contributed by atoms with E-state index in [1.54, 1.807) is 6.92 Å². The number of halogens is 3. The number of nitrogens with zero attached hydrogens (tertiary/aromatic N) is 1. The summed E-state index contributed by atoms with van der Waals surface area (Å²) in [5.41, 5.74) is 4.71. The van der Waals surface area contributed by atoms with E-state index < -0.39 is 23.8 Å². The number of urea groups is 1. The Morgan fingerprint density at radius 3 is 2.25 bits per heavy atom. The Morgan fingerprint density at radius 1 is 1.35 bits per heavy atom. The topological polar surface area (TPSA) is 82.2 Å². The largest absolute Gasteiger partial charge is 0.416 e. The van der Waals surface area contributed by atoms with Gasteiger partial charge in [-0.15, -0.1) is 0 Å². The molecule has 0 aliphatic heterocycles. The maximum absolute atomic E-state index is 12.4. The SMILES string of the molecule is CC(C(=N)N)N(C)C(=O)Nc1ccc(C(F)(F)F)cc1. The van der Waals surface area contributed by atoms with Gasteiger partial charge in [-0.3, -0.25) is 5.41 Å². The molecule has 0 bridgehead atoms. The quantitative estimate of drug-likeness (QED) is 0.590. The van der Waals surface area contributed by atoms with Gasteiger partial charge in [-0.25, -0.2) is 4.79 Å². The third kappa shape index (κ3) is 3.87. The highest BCUT2D eigenvalue weighted by molar-refractivity contribution is 5.93. The van der Waals surface area contributed by atoms with Crippen LogP contribution in [0.1, 0.15) is 12.5 Å². The Morgan fingerprint density at radius 2 is 1.85 bits per heavy atom. The van der Waals surface area contributed by atoms with Crippen molar-refractivity contribution in [2.45, 2.75) is 19.1 Å². The number of rotatable bonds is 3. The van der Waals surface area contributed by atoms with Crippen LogP contribution in [0.25, 0.3) is 0 Å². The van der Waals surface area contributed by atoms with E-state index in [4.69, 9.17) is 11.1 Å². The monoisotopic (exact) mass is 288 g/mol. The highest BCUT2D eigenvalue weighted by Crippen LogP contribution is 2.29. The molecule has 0 saturated carbocycles. The molecule has 20 heavy (non-hydrogen) atoms. The molecule has 1 atom stereocenters. The number of benzene rings is 1. The van der Waals surface area contributed by atoms with Crippen molar-refractivity contribution in [2.24, 2.45) is 5.73 Å². The summed E-state index contributed by atoms with van der Waals surface area (Å²) in [6.07, 6.45) is -4.41. The van der Waals surface area contributed by atoms with Crippen LogP contribution in [-0.2, 0) is 6.18 Å². The first kappa shape index (κ1) is 15.8. The first-order valence-corrected chi connectivity index (χ1v) is 5.68. The van der Waals surface area contributed by atoms with Gasteiger partial charge in [0.2, 0.25) is 0 Å². The molecule has 0 spiro atoms. The van der Waals surface area contributed by atoms with Crippen molar-refractivity contribution >= 4 is 17.6 Å². The van der Waals surface area contributed by atoms with Gasteiger partial charge in [0.25, 0.3) is 0 Å². The summed E-state index contributed by atoms with van der Waals surface area (Å²) in [4.78, 5) is 13.0. The fourth-order valence-electron chi connectivity index (χ4n) is 1.34. The van der Waals surface area contributed by atoms with Crippen LogP contribution in [0, 0.1) is 5.41 Å². The average molecular weight is 288 g/mol. The smallest absolute Gasteiger partial charge is 0.386 e. The van der Waals surface area contributed by atoms with E-state index in [-0.39, 0.29) is 11.5 Å². The highest BCUT2D eigenvalue weighted by Gasteiger charge is 2.30. The summed E-state index contributed by atoms with van der Waals surface area (Å²) < 4.78 is 37.1. The number of hydrogen-bond donors (Lipinski definition) is 3. The van der Waals surface area contributed by atoms with Gasteiger partial charge in [-0.05, 0) is 31.2 Å². The fraction of sp³-hybridized carbons (Fsp3) is 0.333. The van der Waals surface area contributed by atoms with E-state index >= 15 is 0 Å². The van der Waals surface area contributed by atoms with E-state index in [1.807, 2.05) is 0 Å². The Labute approximate surface area is 114 Å². The second-order valence-electron chi connectivity index (χ2n) is 4.25. The van der Waals surface area contributed by atoms with Gasteiger partial charge < -0.3 is 16.0 Å². The van der Waals surface area contributed by atoms with Crippen LogP contribution in [0.4, 0.5) is 23.7 Å². The molecule has 0 aliphatic carbocycles. The van der Waals surface area contributed by atoms with Crippen LogP contribution >= 0.6 is 0 Å². The molecule has 8 heteroatoms. The summed E-state index contributed by atoms with van der Waals surface area (Å²) in [6.45, 7) is 1.56. The van der Waals surface area contributed by atoms with Crippen LogP contribution in [-0.4, -0.2) is 29.9 Å². The van der Waals surface area contributed by atoms with Crippen LogP contribution in [0.2, 0.25) is 0 Å². The molecule has 0 saturated heterocycles. The summed E-state index contributed by atoms with van der Waals surface area (Å²) in [5, 5.41) is 9.66. The van der Waals surface area contributed by atoms with Gasteiger partial charge in [0, 0.05) is 12.7 Å². The zero-order valence-corrected chi connectivity index (χ0v) is 11.0. The zero-order valence-electron chi connectivity index (χ0n) is 11.0. The minimum absolute atomic E-state index is 0.185. The molecule has 2 amide bonds. The standard InChI is InChI=1S/C12H15F3N4O/c1-7(10(16)17)19(2)11(20)18-9-5-3-8(4-6-9)12(13,14)15/h3-7H,1-2H3,(H3,16,17)(H,18,20). The molecular formula is C12H15F3N4O. The van der Waals surface area contributed by atoms with Gasteiger partial charge in [-0.2, -0.15) is 13.2 Å². The van der Waals surface area contributed by atoms with Crippen molar-refractivity contribution < 1.29 is 18.0 Å². The first-order valence-electron chi connectivity index (χ1n) is 5.68. The molecule has 1 aromatic carbocycles. The molecular weight excluding hydrogens is 273 g/mol. The number of amidine groups is 1. The lowest BCUT2D eigenvalue weighted by molar-refractivity contribution is -0.137. The third-order valence-corrected chi connectivity index (χ3v) is 2.81. The van der Waals surface area contributed by atoms with E-state index in [2.05, 4.69) is 5.32 Å². The molecule has 0 aromatic heterocycles. The lowest BCUT2D eigenvalue weighted by Crippen LogP contribution is -2.45. The maximum atomic E-state index is 12.4. The lowest BCUT2D eigenvalue weighted by atomic mass is 10.2. The molecule has 0 radical (unpaired) electrons. The number of hydrogen-bond acceptors (Lipinski definition) is 2. The van der Waals surface area contributed by atoms with Gasteiger partial charge in [0.05, 0.1) is 11.6 Å². The van der Waals surface area contributed by atoms with Gasteiger partial charge >= 0.3 is 12.2 Å². The van der Waals surface area contributed by atoms with Crippen LogP contribution in [0.15, 0.2) is 24.3 Å². The molecule has 0 aliphatic rings. The molecule has 1 unspecified atom stereocenters. The van der Waals surface area contributed by atoms with E-state index in [1.165, 1.54) is 11.9 Å². The van der Waals surface area contributed by atoms with Crippen molar-refractivity contribution in [1.82, 2.24) is 4.90 Å². The summed E-state index contributed by atoms with van der Waals surface area (Å²) in [5.74, 6) is -0.185. The maximum Gasteiger partial charge on any atom is 0.416 e. The number of carbonyl (C=O) groups is 1. The Balaban J connectivity index is 2.74. The molecule has 0 fully saturated rings. The number of carbonyl (C=O) groups excluding carboxylic acids is 1. The molecule has 1 aromatic rings. The molecule has 0 heterocycles. The summed E-state index contributed by atoms with van der Waals surface area (Å²) >= 11 is 0. The number of nitrogens with two attached hydrogens (primary N) is 1. The predicted molar refractivity (Wildman–Crippen MR) is 69.6 cm³/mol. The zero-order chi connectivity index (χ0) is 15.5. The van der Waals surface area contributed by atoms with Gasteiger partial charge in [-0.1, -0.05) is 0 Å². The van der Waals surface area contributed by atoms with Crippen molar-refractivity contribution in [2.75, 3.05) is 12.4 Å². The molecule has 4 N–H and O–H groups in total. The van der Waals surface area contributed by atoms with Crippen molar-refractivity contribution in [3.05, 3.63) is 29.8 Å². The van der Waals surface area contributed by atoms with Gasteiger partial charge in [0.15, 0.2) is 0 Å². The summed E-state index contributed by atoms with van der Waals surface area (Å²) in [6, 6.07) is 2.91. The minimum Gasteiger partial charge on any atom is -0.386 e. The van der Waals surface area contributed by atoms with E-state index in [0.29, 0.717) is 0 Å². The van der Waals surface area contributed by atoms with Crippen molar-refractivity contribution in [3.63, 3.8) is 0 Å². The first-order chi connectivity index (χ1) is 9.12. The number of alkyl halides is 3. The van der Waals surface area contributed by atoms with E-state index in [9.17, 15) is 18.0 Å². The van der Waals surface area contributed by atoms with Crippen molar-refractivity contribution in [1.29, 1.82) is 5.41 Å². The summed E-state index contributed by atoms with van der Waals surface area (Å²) in [7, 11) is 1.44. The predicted octanol–water partition coefficient (Wildman–Crippen LogP) is 2.49. The second-order valence-corrected chi connectivity index (χ2v) is 4.25. The van der Waals surface area contributed by atoms with Crippen LogP contribution < -0.4 is 11.1 Å². The van der Waals surface area contributed by atoms with Crippen LogP contribution in [0.3, 0.4) is 0 Å². The van der Waals surface area contributed by atoms with E-state index in [0.717, 1.165) is 24.3 Å². The highest BCUT2D eigenvalue weighted by atomic mass is 19.4. The number of likely N-dealkylation sites (N-methyl/N-ethyl adjacent to an activating group) is 1. The molecule has 5 nitrogen and oxygen atoms in total. The number of amides is 2. The number of nitrogens with one attached hydrogen (secondary N) is 2. The average Bonchev–Trinajstić information content (AvgIpc) is 2.36. The van der Waals surface area contributed by atoms with Crippen molar-refractivity contribution in [3.8, 4) is 0 Å². The molecule has 1 rings (SSSR count). The number of anilines is 1. The molecule has 110 valence electrons. The Bertz CT molecular complexity index is 498. The fourth-order valence-corrected chi connectivity index (χ4v) is 1.34. The van der Waals surface area contributed by atoms with Gasteiger partial charge in [0.1, 0.15) is 5.84 Å². The van der Waals surface area contributed by atoms with Crippen LogP contribution in [0.5, 0.6) is 0 Å². The Hall–Kier alpha value is -2.25. The lowest BCUT2D eigenvalue weighted by Gasteiger charge is -2.24. The normalized spacial score (nSPS) is 12.7. The minimum atomic E-state index is -4.41. The third-order valence-electron chi connectivity index (χ3n) is 2.81. The second kappa shape index (κ2) is 5.81. The Kier molecular flexibility index (Phi) is 4.59.